The average Bonchev–Trinajstić information content (AvgIpc) is 3.33. The summed E-state index contributed by atoms with van der Waals surface area (Å²) in [5.41, 5.74) is 3.19. The molecule has 0 saturated heterocycles. The normalized spacial score (nSPS) is 15.2. The van der Waals surface area contributed by atoms with E-state index in [4.69, 9.17) is 0 Å². The van der Waals surface area contributed by atoms with Crippen molar-refractivity contribution in [3.8, 4) is 0 Å². The number of nitrogens with one attached hydrogen (secondary N) is 2. The molecular weight excluding hydrogens is 387 g/mol. The Kier molecular flexibility index (Phi) is 4.66. The Bertz CT molecular complexity index is 668. The number of carbonyl (C=O) groups is 1. The third-order valence-electron chi connectivity index (χ3n) is 3.80. The lowest BCUT2D eigenvalue weighted by Gasteiger charge is -2.20. The summed E-state index contributed by atoms with van der Waals surface area (Å²) in [4.78, 5) is 12.6. The predicted molar refractivity (Wildman–Crippen MR) is 97.9 cm³/mol. The monoisotopic (exact) mass is 406 g/mol. The van der Waals surface area contributed by atoms with Gasteiger partial charge in [-0.2, -0.15) is 0 Å². The van der Waals surface area contributed by atoms with E-state index >= 15 is 0 Å². The fourth-order valence-electron chi connectivity index (χ4n) is 2.31. The van der Waals surface area contributed by atoms with Gasteiger partial charge in [0.1, 0.15) is 6.04 Å². The topological polar surface area (TPSA) is 41.1 Å². The maximum absolute atomic E-state index is 12.6. The van der Waals surface area contributed by atoms with E-state index in [0.717, 1.165) is 24.1 Å². The van der Waals surface area contributed by atoms with Crippen molar-refractivity contribution in [1.29, 1.82) is 0 Å². The first kappa shape index (κ1) is 15.3. The van der Waals surface area contributed by atoms with Crippen LogP contribution in [-0.4, -0.2) is 11.9 Å². The highest BCUT2D eigenvalue weighted by Gasteiger charge is 2.28. The molecular formula is C18H19IN2O. The molecule has 22 heavy (non-hydrogen) atoms. The third kappa shape index (κ3) is 3.80. The van der Waals surface area contributed by atoms with E-state index in [-0.39, 0.29) is 11.9 Å². The molecule has 2 N–H and O–H groups in total. The Labute approximate surface area is 144 Å². The van der Waals surface area contributed by atoms with Crippen LogP contribution in [0.4, 0.5) is 5.69 Å². The van der Waals surface area contributed by atoms with Crippen molar-refractivity contribution in [3.05, 3.63) is 63.2 Å². The van der Waals surface area contributed by atoms with Crippen molar-refractivity contribution in [1.82, 2.24) is 5.32 Å². The van der Waals surface area contributed by atoms with Gasteiger partial charge in [0.25, 0.3) is 0 Å². The smallest absolute Gasteiger partial charge is 0.247 e. The number of halogens is 1. The Morgan fingerprint density at radius 1 is 1.18 bits per heavy atom. The van der Waals surface area contributed by atoms with Crippen molar-refractivity contribution in [2.45, 2.75) is 31.8 Å². The molecule has 1 aliphatic carbocycles. The summed E-state index contributed by atoms with van der Waals surface area (Å²) in [6.45, 7) is 2.08. The molecule has 1 saturated carbocycles. The van der Waals surface area contributed by atoms with Gasteiger partial charge < -0.3 is 10.6 Å². The highest BCUT2D eigenvalue weighted by molar-refractivity contribution is 14.1. The molecule has 4 heteroatoms. The molecule has 1 amide bonds. The van der Waals surface area contributed by atoms with Crippen LogP contribution in [0.15, 0.2) is 48.5 Å². The first-order chi connectivity index (χ1) is 10.6. The molecule has 0 spiro atoms. The lowest BCUT2D eigenvalue weighted by molar-refractivity contribution is -0.122. The SMILES string of the molecule is Cc1ccc(NC(C(=O)NC2CC2)c2ccccc2)cc1I. The van der Waals surface area contributed by atoms with Gasteiger partial charge >= 0.3 is 0 Å². The van der Waals surface area contributed by atoms with Crippen molar-refractivity contribution in [2.24, 2.45) is 0 Å². The number of aryl methyl sites for hydroxylation is 1. The van der Waals surface area contributed by atoms with Crippen LogP contribution in [0.1, 0.15) is 30.0 Å². The van der Waals surface area contributed by atoms with Crippen molar-refractivity contribution in [3.63, 3.8) is 0 Å². The summed E-state index contributed by atoms with van der Waals surface area (Å²) in [6.07, 6.45) is 2.19. The van der Waals surface area contributed by atoms with Gasteiger partial charge in [-0.15, -0.1) is 0 Å². The van der Waals surface area contributed by atoms with Crippen LogP contribution in [0.25, 0.3) is 0 Å². The van der Waals surface area contributed by atoms with E-state index in [1.54, 1.807) is 0 Å². The summed E-state index contributed by atoms with van der Waals surface area (Å²) in [6, 6.07) is 16.1. The van der Waals surface area contributed by atoms with Gasteiger partial charge in [0, 0.05) is 15.3 Å². The summed E-state index contributed by atoms with van der Waals surface area (Å²) in [5.74, 6) is 0.0456. The molecule has 0 aromatic heterocycles. The fourth-order valence-corrected chi connectivity index (χ4v) is 2.82. The lowest BCUT2D eigenvalue weighted by Crippen LogP contribution is -2.34. The number of anilines is 1. The molecule has 2 aromatic carbocycles. The molecule has 0 radical (unpaired) electrons. The van der Waals surface area contributed by atoms with Crippen LogP contribution >= 0.6 is 22.6 Å². The third-order valence-corrected chi connectivity index (χ3v) is 4.96. The van der Waals surface area contributed by atoms with Gasteiger partial charge in [-0.25, -0.2) is 0 Å². The second-order valence-electron chi connectivity index (χ2n) is 5.73. The number of rotatable bonds is 5. The summed E-state index contributed by atoms with van der Waals surface area (Å²) in [7, 11) is 0. The number of benzene rings is 2. The first-order valence-electron chi connectivity index (χ1n) is 7.51. The molecule has 3 rings (SSSR count). The molecule has 3 nitrogen and oxygen atoms in total. The minimum atomic E-state index is -0.361. The zero-order chi connectivity index (χ0) is 15.5. The van der Waals surface area contributed by atoms with Gasteiger partial charge in [-0.1, -0.05) is 36.4 Å². The molecule has 2 aromatic rings. The van der Waals surface area contributed by atoms with Gasteiger partial charge in [0.15, 0.2) is 0 Å². The van der Waals surface area contributed by atoms with E-state index in [1.807, 2.05) is 36.4 Å². The molecule has 114 valence electrons. The number of amides is 1. The number of carbonyl (C=O) groups excluding carboxylic acids is 1. The summed E-state index contributed by atoms with van der Waals surface area (Å²) >= 11 is 2.32. The Hall–Kier alpha value is -1.56. The highest BCUT2D eigenvalue weighted by Crippen LogP contribution is 2.25. The van der Waals surface area contributed by atoms with E-state index in [1.165, 1.54) is 9.13 Å². The average molecular weight is 406 g/mol. The zero-order valence-corrected chi connectivity index (χ0v) is 14.6. The van der Waals surface area contributed by atoms with Crippen molar-refractivity contribution < 1.29 is 4.79 Å². The minimum Gasteiger partial charge on any atom is -0.370 e. The highest BCUT2D eigenvalue weighted by atomic mass is 127. The van der Waals surface area contributed by atoms with Crippen LogP contribution in [0.2, 0.25) is 0 Å². The van der Waals surface area contributed by atoms with Crippen LogP contribution in [-0.2, 0) is 4.79 Å². The largest absolute Gasteiger partial charge is 0.370 e. The number of hydrogen-bond acceptors (Lipinski definition) is 2. The quantitative estimate of drug-likeness (QED) is 0.737. The maximum atomic E-state index is 12.6. The fraction of sp³-hybridized carbons (Fsp3) is 0.278. The summed E-state index contributed by atoms with van der Waals surface area (Å²) in [5, 5.41) is 6.47. The molecule has 0 heterocycles. The Balaban J connectivity index is 1.83. The molecule has 1 unspecified atom stereocenters. The molecule has 1 fully saturated rings. The molecule has 0 aliphatic heterocycles. The van der Waals surface area contributed by atoms with Crippen molar-refractivity contribution >= 4 is 34.2 Å². The number of hydrogen-bond donors (Lipinski definition) is 2. The van der Waals surface area contributed by atoms with Gasteiger partial charge in [0.05, 0.1) is 0 Å². The first-order valence-corrected chi connectivity index (χ1v) is 8.59. The van der Waals surface area contributed by atoms with Gasteiger partial charge in [0.2, 0.25) is 5.91 Å². The van der Waals surface area contributed by atoms with Crippen molar-refractivity contribution in [2.75, 3.05) is 5.32 Å². The zero-order valence-electron chi connectivity index (χ0n) is 12.5. The minimum absolute atomic E-state index is 0.0456. The van der Waals surface area contributed by atoms with Crippen LogP contribution < -0.4 is 10.6 Å². The van der Waals surface area contributed by atoms with E-state index in [9.17, 15) is 4.79 Å². The van der Waals surface area contributed by atoms with Crippen LogP contribution in [0.5, 0.6) is 0 Å². The van der Waals surface area contributed by atoms with E-state index in [0.29, 0.717) is 6.04 Å². The van der Waals surface area contributed by atoms with Gasteiger partial charge in [-0.05, 0) is 65.6 Å². The molecule has 1 aliphatic rings. The van der Waals surface area contributed by atoms with Gasteiger partial charge in [-0.3, -0.25) is 4.79 Å². The maximum Gasteiger partial charge on any atom is 0.247 e. The Morgan fingerprint density at radius 3 is 2.55 bits per heavy atom. The summed E-state index contributed by atoms with van der Waals surface area (Å²) < 4.78 is 1.19. The predicted octanol–water partition coefficient (Wildman–Crippen LogP) is 4.03. The van der Waals surface area contributed by atoms with Crippen LogP contribution in [0, 0.1) is 10.5 Å². The Morgan fingerprint density at radius 2 is 1.91 bits per heavy atom. The molecule has 0 bridgehead atoms. The second-order valence-corrected chi connectivity index (χ2v) is 6.90. The second kappa shape index (κ2) is 6.69. The lowest BCUT2D eigenvalue weighted by atomic mass is 10.1. The van der Waals surface area contributed by atoms with E-state index < -0.39 is 0 Å². The standard InChI is InChI=1S/C18H19IN2O/c1-12-7-8-15(11-16(12)19)20-17(13-5-3-2-4-6-13)18(22)21-14-9-10-14/h2-8,11,14,17,20H,9-10H2,1H3,(H,21,22). The van der Waals surface area contributed by atoms with Crippen LogP contribution in [0.3, 0.4) is 0 Å². The van der Waals surface area contributed by atoms with E-state index in [2.05, 4.69) is 52.3 Å². The molecule has 1 atom stereocenters.